The molecule has 0 amide bonds. The first-order valence-electron chi connectivity index (χ1n) is 10.1. The van der Waals surface area contributed by atoms with E-state index >= 15 is 0 Å². The zero-order valence-electron chi connectivity index (χ0n) is 20.8. The van der Waals surface area contributed by atoms with Gasteiger partial charge in [0.2, 0.25) is 0 Å². The van der Waals surface area contributed by atoms with Gasteiger partial charge in [-0.15, -0.1) is 24.2 Å². The fraction of sp³-hybridized carbons (Fsp3) is 0.522. The standard InChI is InChI=1S/C10H27Si3.2C5H5.C3H9Si.Zr/c1-11(2,3)10(12(4,5)6)13(7,8)9;2*1-2-4-5-3-1;1-4(2)3;/h1-9H3;2*1-5H;1-3H3;/q3*-1;;+3. The van der Waals surface area contributed by atoms with Gasteiger partial charge in [0.15, 0.2) is 0 Å². The third-order valence-electron chi connectivity index (χ3n) is 3.36. The molecule has 0 nitrogen and oxygen atoms in total. The maximum absolute atomic E-state index is 2.53. The molecule has 0 aliphatic carbocycles. The summed E-state index contributed by atoms with van der Waals surface area (Å²) in [6, 6.07) is 20.0. The van der Waals surface area contributed by atoms with Crippen molar-refractivity contribution >= 4 is 33.0 Å². The Balaban J connectivity index is -0.000000340. The van der Waals surface area contributed by atoms with Crippen molar-refractivity contribution in [1.29, 1.82) is 0 Å². The third-order valence-corrected chi connectivity index (χ3v) is 21.4. The largest absolute Gasteiger partial charge is 3.00 e. The Hall–Kier alpha value is 0.451. The number of rotatable bonds is 3. The van der Waals surface area contributed by atoms with Gasteiger partial charge in [-0.05, 0) is 0 Å². The summed E-state index contributed by atoms with van der Waals surface area (Å²) in [4.78, 5) is 2.06. The van der Waals surface area contributed by atoms with Crippen LogP contribution in [0.3, 0.4) is 0 Å². The van der Waals surface area contributed by atoms with Gasteiger partial charge in [0, 0.05) is 8.80 Å². The molecule has 28 heavy (non-hydrogen) atoms. The van der Waals surface area contributed by atoms with Crippen LogP contribution in [-0.2, 0) is 26.2 Å². The minimum absolute atomic E-state index is 0. The van der Waals surface area contributed by atoms with Crippen LogP contribution >= 0.6 is 0 Å². The van der Waals surface area contributed by atoms with E-state index < -0.39 is 24.2 Å². The predicted molar refractivity (Wildman–Crippen MR) is 141 cm³/mol. The van der Waals surface area contributed by atoms with Gasteiger partial charge in [-0.1, -0.05) is 78.6 Å². The first kappa shape index (κ1) is 33.1. The van der Waals surface area contributed by atoms with Crippen LogP contribution < -0.4 is 0 Å². The molecule has 0 atom stereocenters. The van der Waals surface area contributed by atoms with Crippen LogP contribution in [0.2, 0.25) is 78.6 Å². The van der Waals surface area contributed by atoms with Crippen LogP contribution in [0, 0.1) is 4.79 Å². The summed E-state index contributed by atoms with van der Waals surface area (Å²) in [6.07, 6.45) is 0. The van der Waals surface area contributed by atoms with E-state index in [9.17, 15) is 0 Å². The first-order chi connectivity index (χ1) is 12.1. The summed E-state index contributed by atoms with van der Waals surface area (Å²) in [6.45, 7) is 29.5. The molecule has 0 bridgehead atoms. The van der Waals surface area contributed by atoms with Gasteiger partial charge in [0.25, 0.3) is 0 Å². The van der Waals surface area contributed by atoms with Gasteiger partial charge < -0.3 is 4.79 Å². The Morgan fingerprint density at radius 2 is 0.714 bits per heavy atom. The first-order valence-corrected chi connectivity index (χ1v) is 23.6. The average Bonchev–Trinajstić information content (AvgIpc) is 3.12. The van der Waals surface area contributed by atoms with Crippen LogP contribution in [0.25, 0.3) is 0 Å². The summed E-state index contributed by atoms with van der Waals surface area (Å²) in [5.41, 5.74) is 0. The van der Waals surface area contributed by atoms with E-state index in [1.807, 2.05) is 60.7 Å². The minimum atomic E-state index is -1.02. The molecule has 2 aromatic rings. The summed E-state index contributed by atoms with van der Waals surface area (Å²) < 4.78 is 0. The second-order valence-corrected chi connectivity index (χ2v) is 30.0. The monoisotopic (exact) mass is 524 g/mol. The minimum Gasteiger partial charge on any atom is -0.311 e. The van der Waals surface area contributed by atoms with Gasteiger partial charge in [0.1, 0.15) is 0 Å². The van der Waals surface area contributed by atoms with Gasteiger partial charge in [-0.2, -0.15) is 36.4 Å². The van der Waals surface area contributed by atoms with E-state index in [1.165, 1.54) is 0 Å². The Bertz CT molecular complexity index is 416. The smallest absolute Gasteiger partial charge is 0.311 e. The zero-order valence-corrected chi connectivity index (χ0v) is 27.2. The molecule has 2 radical (unpaired) electrons. The quantitative estimate of drug-likeness (QED) is 0.279. The second kappa shape index (κ2) is 16.2. The number of hydrogen-bond acceptors (Lipinski definition) is 0. The second-order valence-electron chi connectivity index (χ2n) is 10.5. The zero-order chi connectivity index (χ0) is 21.7. The molecule has 0 heterocycles. The van der Waals surface area contributed by atoms with Crippen molar-refractivity contribution in [2.45, 2.75) is 78.6 Å². The molecule has 0 aromatic heterocycles. The Morgan fingerprint density at radius 1 is 0.536 bits per heavy atom. The Kier molecular flexibility index (Phi) is 19.1. The van der Waals surface area contributed by atoms with Crippen molar-refractivity contribution in [1.82, 2.24) is 0 Å². The van der Waals surface area contributed by atoms with Crippen LogP contribution in [0.5, 0.6) is 0 Å². The fourth-order valence-corrected chi connectivity index (χ4v) is 31.0. The molecular formula is C23H46Si4Zr. The van der Waals surface area contributed by atoms with Crippen molar-refractivity contribution in [3.8, 4) is 0 Å². The molecule has 0 N–H and O–H groups in total. The molecule has 158 valence electrons. The van der Waals surface area contributed by atoms with E-state index in [2.05, 4.69) is 83.4 Å². The van der Waals surface area contributed by atoms with E-state index in [1.54, 1.807) is 0 Å². The Morgan fingerprint density at radius 3 is 0.750 bits per heavy atom. The number of hydrogen-bond donors (Lipinski definition) is 0. The van der Waals surface area contributed by atoms with E-state index in [4.69, 9.17) is 0 Å². The third kappa shape index (κ3) is 21.2. The summed E-state index contributed by atoms with van der Waals surface area (Å²) in [7, 11) is -2.93. The molecule has 2 rings (SSSR count). The molecule has 5 heteroatoms. The van der Waals surface area contributed by atoms with Crippen LogP contribution in [0.1, 0.15) is 0 Å². The molecule has 0 aliphatic heterocycles. The van der Waals surface area contributed by atoms with Gasteiger partial charge >= 0.3 is 26.2 Å². The maximum atomic E-state index is 2.53. The van der Waals surface area contributed by atoms with Crippen molar-refractivity contribution in [2.24, 2.45) is 0 Å². The Labute approximate surface area is 202 Å². The average molecular weight is 526 g/mol. The fourth-order valence-electron chi connectivity index (χ4n) is 4.02. The van der Waals surface area contributed by atoms with Gasteiger partial charge in [-0.3, -0.25) is 0 Å². The van der Waals surface area contributed by atoms with Crippen molar-refractivity contribution in [3.63, 3.8) is 0 Å². The van der Waals surface area contributed by atoms with E-state index in [0.29, 0.717) is 0 Å². The van der Waals surface area contributed by atoms with Gasteiger partial charge in [-0.25, -0.2) is 24.3 Å². The van der Waals surface area contributed by atoms with Gasteiger partial charge in [0.05, 0.1) is 0 Å². The molecule has 0 spiro atoms. The van der Waals surface area contributed by atoms with Crippen LogP contribution in [0.15, 0.2) is 60.7 Å². The summed E-state index contributed by atoms with van der Waals surface area (Å²) in [5.74, 6) is 0. The molecule has 2 aromatic carbocycles. The summed E-state index contributed by atoms with van der Waals surface area (Å²) in [5, 5.41) is 0. The molecule has 0 saturated heterocycles. The van der Waals surface area contributed by atoms with Crippen molar-refractivity contribution < 1.29 is 26.2 Å². The van der Waals surface area contributed by atoms with E-state index in [-0.39, 0.29) is 35.0 Å². The SMILES string of the molecule is C[Si](C)(C)[C-]([Si](C)(C)C)[Si](C)(C)C.C[Si](C)C.[Zr+3].c1cc[cH-]c1.c1cc[cH-]c1. The molecule has 0 unspecified atom stereocenters. The molecule has 0 fully saturated rings. The van der Waals surface area contributed by atoms with Crippen LogP contribution in [0.4, 0.5) is 0 Å². The maximum Gasteiger partial charge on any atom is 3.00 e. The summed E-state index contributed by atoms with van der Waals surface area (Å²) >= 11 is 0. The van der Waals surface area contributed by atoms with E-state index in [0.717, 1.165) is 0 Å². The molecule has 0 saturated carbocycles. The normalized spacial score (nSPS) is 11.2. The van der Waals surface area contributed by atoms with Crippen molar-refractivity contribution in [2.75, 3.05) is 0 Å². The van der Waals surface area contributed by atoms with Crippen molar-refractivity contribution in [3.05, 3.63) is 65.5 Å². The van der Waals surface area contributed by atoms with Crippen LogP contribution in [-0.4, -0.2) is 33.0 Å². The molecule has 0 aliphatic rings. The topological polar surface area (TPSA) is 0 Å². The predicted octanol–water partition coefficient (Wildman–Crippen LogP) is 8.37. The molecular weight excluding hydrogens is 480 g/mol.